The van der Waals surface area contributed by atoms with Crippen molar-refractivity contribution in [3.63, 3.8) is 0 Å². The molecule has 0 saturated carbocycles. The highest BCUT2D eigenvalue weighted by molar-refractivity contribution is 6.00. The van der Waals surface area contributed by atoms with Gasteiger partial charge in [-0.25, -0.2) is 4.79 Å². The number of nitrogens with zero attached hydrogens (tertiary/aromatic N) is 1. The number of likely N-dealkylation sites (tertiary alicyclic amines) is 1. The number of aromatic amines is 1. The topological polar surface area (TPSA) is 74.4 Å². The fourth-order valence-corrected chi connectivity index (χ4v) is 4.91. The van der Waals surface area contributed by atoms with Crippen LogP contribution in [0.1, 0.15) is 66.8 Å². The Labute approximate surface area is 211 Å². The van der Waals surface area contributed by atoms with Crippen LogP contribution in [-0.2, 0) is 4.74 Å². The van der Waals surface area contributed by atoms with Gasteiger partial charge in [0.15, 0.2) is 0 Å². The summed E-state index contributed by atoms with van der Waals surface area (Å²) in [6.07, 6.45) is -0.273. The van der Waals surface area contributed by atoms with E-state index in [2.05, 4.69) is 46.7 Å². The Bertz CT molecular complexity index is 1450. The second-order valence-electron chi connectivity index (χ2n) is 10.8. The maximum atomic E-state index is 13.3. The predicted molar refractivity (Wildman–Crippen MR) is 143 cm³/mol. The molecule has 5 rings (SSSR count). The van der Waals surface area contributed by atoms with Crippen LogP contribution in [0.5, 0.6) is 0 Å². The zero-order valence-electron chi connectivity index (χ0n) is 21.5. The van der Waals surface area contributed by atoms with Gasteiger partial charge in [-0.2, -0.15) is 0 Å². The van der Waals surface area contributed by atoms with Crippen LogP contribution >= 0.6 is 0 Å². The molecule has 0 bridgehead atoms. The molecule has 6 nitrogen and oxygen atoms in total. The summed E-state index contributed by atoms with van der Waals surface area (Å²) in [6, 6.07) is 20.4. The number of hydrogen-bond donors (Lipinski definition) is 2. The summed E-state index contributed by atoms with van der Waals surface area (Å²) in [5.74, 6) is 0.139. The van der Waals surface area contributed by atoms with Gasteiger partial charge in [0.2, 0.25) is 0 Å². The maximum Gasteiger partial charge on any atom is 0.410 e. The molecule has 2 amide bonds. The highest BCUT2D eigenvalue weighted by atomic mass is 16.6. The molecular formula is C30H33N3O3. The third-order valence-corrected chi connectivity index (χ3v) is 6.84. The van der Waals surface area contributed by atoms with E-state index in [1.807, 2.05) is 58.9 Å². The first kappa shape index (κ1) is 23.9. The van der Waals surface area contributed by atoms with Crippen LogP contribution in [0.25, 0.3) is 21.7 Å². The summed E-state index contributed by atoms with van der Waals surface area (Å²) >= 11 is 0. The number of rotatable bonds is 4. The van der Waals surface area contributed by atoms with Crippen LogP contribution in [0.2, 0.25) is 0 Å². The lowest BCUT2D eigenvalue weighted by molar-refractivity contribution is 0.00792. The Hall–Kier alpha value is -3.80. The van der Waals surface area contributed by atoms with Gasteiger partial charge in [-0.1, -0.05) is 42.5 Å². The standard InChI is InChI=1S/C30H33N3O3/c1-18-13-21-14-26(22-16-33(17-22)29(35)36-30(3,4)5)32-27(21)15-25(18)28(34)31-19(2)23-12-8-10-20-9-6-7-11-24(20)23/h6-15,19,22,32H,16-17H2,1-5H3,(H,31,34)/t19-/m1/s1. The molecule has 0 radical (unpaired) electrons. The summed E-state index contributed by atoms with van der Waals surface area (Å²) in [7, 11) is 0. The first-order valence-electron chi connectivity index (χ1n) is 12.5. The number of benzene rings is 3. The largest absolute Gasteiger partial charge is 0.444 e. The van der Waals surface area contributed by atoms with E-state index in [0.717, 1.165) is 38.5 Å². The van der Waals surface area contributed by atoms with E-state index in [1.165, 1.54) is 0 Å². The molecule has 36 heavy (non-hydrogen) atoms. The Balaban J connectivity index is 1.31. The van der Waals surface area contributed by atoms with Gasteiger partial charge in [-0.15, -0.1) is 0 Å². The summed E-state index contributed by atoms with van der Waals surface area (Å²) in [4.78, 5) is 30.8. The number of nitrogens with one attached hydrogen (secondary N) is 2. The van der Waals surface area contributed by atoms with E-state index in [9.17, 15) is 9.59 Å². The number of hydrogen-bond acceptors (Lipinski definition) is 3. The average molecular weight is 484 g/mol. The molecule has 0 spiro atoms. The lowest BCUT2D eigenvalue weighted by Crippen LogP contribution is -2.50. The number of fused-ring (bicyclic) bond motifs is 2. The summed E-state index contributed by atoms with van der Waals surface area (Å²) in [5, 5.41) is 6.56. The molecule has 1 saturated heterocycles. The normalized spacial score (nSPS) is 15.1. The van der Waals surface area contributed by atoms with Crippen LogP contribution in [0, 0.1) is 6.92 Å². The number of amides is 2. The van der Waals surface area contributed by atoms with Crippen LogP contribution in [0.3, 0.4) is 0 Å². The van der Waals surface area contributed by atoms with Gasteiger partial charge in [0.1, 0.15) is 5.60 Å². The molecule has 1 aliphatic rings. The first-order chi connectivity index (χ1) is 17.1. The number of carbonyl (C=O) groups excluding carboxylic acids is 2. The number of H-pyrrole nitrogens is 1. The van der Waals surface area contributed by atoms with Crippen molar-refractivity contribution in [2.24, 2.45) is 0 Å². The van der Waals surface area contributed by atoms with Gasteiger partial charge in [-0.3, -0.25) is 4.79 Å². The SMILES string of the molecule is Cc1cc2cc(C3CN(C(=O)OC(C)(C)C)C3)[nH]c2cc1C(=O)N[C@H](C)c1cccc2ccccc12. The van der Waals surface area contributed by atoms with Crippen LogP contribution in [0.15, 0.2) is 60.7 Å². The fourth-order valence-electron chi connectivity index (χ4n) is 4.91. The molecule has 0 aliphatic carbocycles. The quantitative estimate of drug-likeness (QED) is 0.350. The second-order valence-corrected chi connectivity index (χ2v) is 10.8. The van der Waals surface area contributed by atoms with Crippen LogP contribution in [0.4, 0.5) is 4.79 Å². The van der Waals surface area contributed by atoms with E-state index >= 15 is 0 Å². The molecule has 4 aromatic rings. The molecule has 1 aliphatic heterocycles. The lowest BCUT2D eigenvalue weighted by atomic mass is 9.96. The minimum absolute atomic E-state index is 0.0919. The van der Waals surface area contributed by atoms with E-state index in [1.54, 1.807) is 4.90 Å². The third-order valence-electron chi connectivity index (χ3n) is 6.84. The minimum Gasteiger partial charge on any atom is -0.444 e. The first-order valence-corrected chi connectivity index (χ1v) is 12.5. The van der Waals surface area contributed by atoms with E-state index in [0.29, 0.717) is 18.7 Å². The van der Waals surface area contributed by atoms with Crippen LogP contribution in [-0.4, -0.2) is 40.6 Å². The zero-order valence-corrected chi connectivity index (χ0v) is 21.5. The number of ether oxygens (including phenoxy) is 1. The average Bonchev–Trinajstić information content (AvgIpc) is 3.17. The molecule has 3 aromatic carbocycles. The Morgan fingerprint density at radius 1 is 1.03 bits per heavy atom. The predicted octanol–water partition coefficient (Wildman–Crippen LogP) is 6.45. The molecular weight excluding hydrogens is 450 g/mol. The maximum absolute atomic E-state index is 13.3. The Morgan fingerprint density at radius 3 is 2.50 bits per heavy atom. The van der Waals surface area contributed by atoms with Gasteiger partial charge in [0, 0.05) is 35.8 Å². The number of carbonyl (C=O) groups is 2. The number of aromatic nitrogens is 1. The van der Waals surface area contributed by atoms with Crippen molar-refractivity contribution in [3.8, 4) is 0 Å². The lowest BCUT2D eigenvalue weighted by Gasteiger charge is -2.39. The monoisotopic (exact) mass is 483 g/mol. The van der Waals surface area contributed by atoms with Gasteiger partial charge >= 0.3 is 6.09 Å². The van der Waals surface area contributed by atoms with Crippen molar-refractivity contribution < 1.29 is 14.3 Å². The van der Waals surface area contributed by atoms with Gasteiger partial charge in [-0.05, 0) is 80.1 Å². The Kier molecular flexibility index (Phi) is 5.99. The van der Waals surface area contributed by atoms with Crippen molar-refractivity contribution in [1.82, 2.24) is 15.2 Å². The molecule has 2 N–H and O–H groups in total. The number of aryl methyl sites for hydroxylation is 1. The van der Waals surface area contributed by atoms with Gasteiger partial charge < -0.3 is 19.9 Å². The summed E-state index contributed by atoms with van der Waals surface area (Å²) in [5.41, 5.74) is 4.19. The fraction of sp³-hybridized carbons (Fsp3) is 0.333. The molecule has 1 aromatic heterocycles. The smallest absolute Gasteiger partial charge is 0.410 e. The van der Waals surface area contributed by atoms with Crippen LogP contribution < -0.4 is 5.32 Å². The molecule has 6 heteroatoms. The molecule has 2 heterocycles. The van der Waals surface area contributed by atoms with Crippen molar-refractivity contribution in [2.75, 3.05) is 13.1 Å². The van der Waals surface area contributed by atoms with Crippen molar-refractivity contribution >= 4 is 33.7 Å². The van der Waals surface area contributed by atoms with Crippen molar-refractivity contribution in [1.29, 1.82) is 0 Å². The van der Waals surface area contributed by atoms with Gasteiger partial charge in [0.05, 0.1) is 6.04 Å². The minimum atomic E-state index is -0.497. The van der Waals surface area contributed by atoms with Crippen molar-refractivity contribution in [2.45, 2.75) is 52.2 Å². The van der Waals surface area contributed by atoms with E-state index in [4.69, 9.17) is 4.74 Å². The second kappa shape index (κ2) is 9.01. The highest BCUT2D eigenvalue weighted by Crippen LogP contribution is 2.31. The third kappa shape index (κ3) is 4.68. The molecule has 0 unspecified atom stereocenters. The molecule has 186 valence electrons. The van der Waals surface area contributed by atoms with Gasteiger partial charge in [0.25, 0.3) is 5.91 Å². The molecule has 1 fully saturated rings. The van der Waals surface area contributed by atoms with Crippen molar-refractivity contribution in [3.05, 3.63) is 83.0 Å². The summed E-state index contributed by atoms with van der Waals surface area (Å²) in [6.45, 7) is 10.9. The highest BCUT2D eigenvalue weighted by Gasteiger charge is 2.35. The molecule has 1 atom stereocenters. The van der Waals surface area contributed by atoms with E-state index in [-0.39, 0.29) is 24.0 Å². The van der Waals surface area contributed by atoms with E-state index < -0.39 is 5.60 Å². The zero-order chi connectivity index (χ0) is 25.6. The summed E-state index contributed by atoms with van der Waals surface area (Å²) < 4.78 is 5.46. The Morgan fingerprint density at radius 2 is 1.75 bits per heavy atom.